The minimum atomic E-state index is -6.28. The van der Waals surface area contributed by atoms with Crippen molar-refractivity contribution in [3.05, 3.63) is 5.56 Å². The summed E-state index contributed by atoms with van der Waals surface area (Å²) in [6.07, 6.45) is -11.7. The molecule has 0 bridgehead atoms. The smallest absolute Gasteiger partial charge is 0.505 e. The molecule has 1 aromatic rings. The normalized spacial score (nSPS) is 13.3. The van der Waals surface area contributed by atoms with Crippen molar-refractivity contribution in [1.29, 1.82) is 0 Å². The van der Waals surface area contributed by atoms with Crippen molar-refractivity contribution in [1.82, 2.24) is 0 Å². The lowest BCUT2D eigenvalue weighted by molar-refractivity contribution is -0.290. The summed E-state index contributed by atoms with van der Waals surface area (Å²) in [7, 11) is 0. The molecule has 0 aliphatic rings. The summed E-state index contributed by atoms with van der Waals surface area (Å²) in [5.41, 5.74) is 3.89. The number of benzene rings is 1. The Morgan fingerprint density at radius 3 is 1.41 bits per heavy atom. The van der Waals surface area contributed by atoms with E-state index in [9.17, 15) is 45.3 Å². The van der Waals surface area contributed by atoms with Gasteiger partial charge in [0.15, 0.2) is 17.2 Å². The van der Waals surface area contributed by atoms with Gasteiger partial charge in [0.1, 0.15) is 16.9 Å². The molecule has 0 heterocycles. The Kier molecular flexibility index (Phi) is 3.90. The molecule has 0 aliphatic carbocycles. The van der Waals surface area contributed by atoms with Crippen LogP contribution in [0.15, 0.2) is 0 Å². The van der Waals surface area contributed by atoms with Crippen molar-refractivity contribution in [2.24, 2.45) is 0 Å². The van der Waals surface area contributed by atoms with Crippen LogP contribution in [0.1, 0.15) is 5.56 Å². The highest BCUT2D eigenvalue weighted by molar-refractivity contribution is 5.82. The van der Waals surface area contributed by atoms with Crippen LogP contribution in [0.5, 0.6) is 17.2 Å². The van der Waals surface area contributed by atoms with E-state index >= 15 is 0 Å². The number of hydrogen-bond donors (Lipinski definition) is 4. The second-order valence-corrected chi connectivity index (χ2v) is 3.85. The molecular weight excluding hydrogens is 336 g/mol. The molecule has 0 amide bonds. The van der Waals surface area contributed by atoms with Gasteiger partial charge < -0.3 is 26.4 Å². The first-order valence-corrected chi connectivity index (χ1v) is 4.94. The van der Waals surface area contributed by atoms with Gasteiger partial charge in [0.25, 0.3) is 0 Å². The Hall–Kier alpha value is -2.34. The van der Waals surface area contributed by atoms with Gasteiger partial charge in [-0.2, -0.15) is 22.0 Å². The first kappa shape index (κ1) is 17.7. The maximum absolute atomic E-state index is 13.2. The Labute approximate surface area is 115 Å². The van der Waals surface area contributed by atoms with E-state index in [-0.39, 0.29) is 0 Å². The lowest BCUT2D eigenvalue weighted by atomic mass is 10.0. The summed E-state index contributed by atoms with van der Waals surface area (Å²) < 4.78 is 103. The van der Waals surface area contributed by atoms with E-state index < -0.39 is 52.6 Å². The number of phenols is 2. The zero-order valence-corrected chi connectivity index (χ0v) is 9.98. The SMILES string of the molecule is Nc1c(O)c(C(F)(F)C(F)(F)F)c(O)c(N)c1OC(F)(F)F. The quantitative estimate of drug-likeness (QED) is 0.287. The third-order valence-electron chi connectivity index (χ3n) is 2.36. The second-order valence-electron chi connectivity index (χ2n) is 3.85. The van der Waals surface area contributed by atoms with Crippen LogP contribution in [0.3, 0.4) is 0 Å². The number of nitrogens with two attached hydrogens (primary N) is 2. The molecule has 126 valence electrons. The molecule has 1 rings (SSSR count). The van der Waals surface area contributed by atoms with Crippen molar-refractivity contribution in [3.63, 3.8) is 0 Å². The number of halogens is 8. The van der Waals surface area contributed by atoms with Gasteiger partial charge in [0.2, 0.25) is 0 Å². The van der Waals surface area contributed by atoms with Gasteiger partial charge in [0, 0.05) is 0 Å². The van der Waals surface area contributed by atoms with Gasteiger partial charge in [0.05, 0.1) is 0 Å². The second kappa shape index (κ2) is 4.84. The van der Waals surface area contributed by atoms with Gasteiger partial charge in [-0.15, -0.1) is 13.2 Å². The van der Waals surface area contributed by atoms with Gasteiger partial charge in [-0.05, 0) is 0 Å². The van der Waals surface area contributed by atoms with Crippen LogP contribution in [0, 0.1) is 0 Å². The van der Waals surface area contributed by atoms with Gasteiger partial charge >= 0.3 is 18.5 Å². The van der Waals surface area contributed by atoms with E-state index in [2.05, 4.69) is 4.74 Å². The number of rotatable bonds is 2. The average Bonchev–Trinajstić information content (AvgIpc) is 2.29. The summed E-state index contributed by atoms with van der Waals surface area (Å²) >= 11 is 0. The first-order chi connectivity index (χ1) is 9.61. The molecule has 22 heavy (non-hydrogen) atoms. The molecule has 0 aliphatic heterocycles. The third-order valence-corrected chi connectivity index (χ3v) is 2.36. The van der Waals surface area contributed by atoms with Crippen LogP contribution in [0.4, 0.5) is 46.5 Å². The molecule has 0 atom stereocenters. The molecule has 13 heteroatoms. The number of hydrogen-bond acceptors (Lipinski definition) is 5. The van der Waals surface area contributed by atoms with Crippen LogP contribution in [-0.4, -0.2) is 22.8 Å². The molecule has 0 fully saturated rings. The molecule has 0 radical (unpaired) electrons. The maximum atomic E-state index is 13.2. The molecule has 5 nitrogen and oxygen atoms in total. The standard InChI is InChI=1S/C9H6F8N2O3/c10-7(11,8(12,13)14)1-4(20)2(18)6(3(19)5(1)21)22-9(15,16)17/h20-21H,18-19H2. The molecule has 0 spiro atoms. The number of ether oxygens (including phenoxy) is 1. The summed E-state index contributed by atoms with van der Waals surface area (Å²) in [5.74, 6) is -11.8. The summed E-state index contributed by atoms with van der Waals surface area (Å²) in [6.45, 7) is 0. The number of nitrogen functional groups attached to an aromatic ring is 2. The van der Waals surface area contributed by atoms with Crippen LogP contribution in [-0.2, 0) is 5.92 Å². The zero-order valence-electron chi connectivity index (χ0n) is 9.98. The fourth-order valence-electron chi connectivity index (χ4n) is 1.41. The van der Waals surface area contributed by atoms with E-state index in [4.69, 9.17) is 11.5 Å². The van der Waals surface area contributed by atoms with Crippen molar-refractivity contribution in [2.45, 2.75) is 18.5 Å². The van der Waals surface area contributed by atoms with Gasteiger partial charge in [-0.25, -0.2) is 0 Å². The van der Waals surface area contributed by atoms with E-state index in [1.807, 2.05) is 0 Å². The highest BCUT2D eigenvalue weighted by atomic mass is 19.4. The Morgan fingerprint density at radius 1 is 0.773 bits per heavy atom. The highest BCUT2D eigenvalue weighted by Gasteiger charge is 2.62. The summed E-state index contributed by atoms with van der Waals surface area (Å²) in [5, 5.41) is 18.4. The number of phenolic OH excluding ortho intramolecular Hbond substituents is 2. The van der Waals surface area contributed by atoms with Gasteiger partial charge in [-0.1, -0.05) is 0 Å². The van der Waals surface area contributed by atoms with E-state index in [1.54, 1.807) is 0 Å². The molecule has 1 aromatic carbocycles. The number of alkyl halides is 8. The fraction of sp³-hybridized carbons (Fsp3) is 0.333. The topological polar surface area (TPSA) is 102 Å². The van der Waals surface area contributed by atoms with Crippen molar-refractivity contribution >= 4 is 11.4 Å². The maximum Gasteiger partial charge on any atom is 0.573 e. The Bertz CT molecular complexity index is 567. The van der Waals surface area contributed by atoms with E-state index in [1.165, 1.54) is 0 Å². The minimum absolute atomic E-state index is 1.65. The number of anilines is 2. The zero-order chi connectivity index (χ0) is 17.7. The van der Waals surface area contributed by atoms with Gasteiger partial charge in [-0.3, -0.25) is 0 Å². The predicted octanol–water partition coefficient (Wildman–Crippen LogP) is 2.81. The van der Waals surface area contributed by atoms with Crippen molar-refractivity contribution in [2.75, 3.05) is 11.5 Å². The molecular formula is C9H6F8N2O3. The summed E-state index contributed by atoms with van der Waals surface area (Å²) in [4.78, 5) is 0. The fourth-order valence-corrected chi connectivity index (χ4v) is 1.41. The molecule has 0 saturated carbocycles. The highest BCUT2D eigenvalue weighted by Crippen LogP contribution is 2.57. The number of aromatic hydroxyl groups is 2. The van der Waals surface area contributed by atoms with Crippen LogP contribution in [0.25, 0.3) is 0 Å². The monoisotopic (exact) mass is 342 g/mol. The summed E-state index contributed by atoms with van der Waals surface area (Å²) in [6, 6.07) is 0. The van der Waals surface area contributed by atoms with E-state index in [0.29, 0.717) is 0 Å². The van der Waals surface area contributed by atoms with Crippen molar-refractivity contribution in [3.8, 4) is 17.2 Å². The lowest BCUT2D eigenvalue weighted by Gasteiger charge is -2.24. The molecule has 6 N–H and O–H groups in total. The first-order valence-electron chi connectivity index (χ1n) is 4.94. The molecule has 0 aromatic heterocycles. The third kappa shape index (κ3) is 2.82. The van der Waals surface area contributed by atoms with Crippen LogP contribution >= 0.6 is 0 Å². The Morgan fingerprint density at radius 2 is 1.14 bits per heavy atom. The molecule has 0 unspecified atom stereocenters. The van der Waals surface area contributed by atoms with E-state index in [0.717, 1.165) is 0 Å². The molecule has 0 saturated heterocycles. The predicted molar refractivity (Wildman–Crippen MR) is 55.2 cm³/mol. The van der Waals surface area contributed by atoms with Crippen LogP contribution < -0.4 is 16.2 Å². The average molecular weight is 342 g/mol. The Balaban J connectivity index is 3.68. The van der Waals surface area contributed by atoms with Crippen LogP contribution in [0.2, 0.25) is 0 Å². The van der Waals surface area contributed by atoms with Crippen molar-refractivity contribution < 1.29 is 50.1 Å². The lowest BCUT2D eigenvalue weighted by Crippen LogP contribution is -2.34. The largest absolute Gasteiger partial charge is 0.573 e. The minimum Gasteiger partial charge on any atom is -0.505 e.